The largest absolute Gasteiger partial charge is 0.488 e. The van der Waals surface area contributed by atoms with Gasteiger partial charge in [0.1, 0.15) is 18.9 Å². The van der Waals surface area contributed by atoms with Crippen LogP contribution >= 0.6 is 11.6 Å². The first-order chi connectivity index (χ1) is 13.9. The molecule has 29 heavy (non-hydrogen) atoms. The molecule has 0 aliphatic heterocycles. The highest BCUT2D eigenvalue weighted by molar-refractivity contribution is 6.30. The van der Waals surface area contributed by atoms with Crippen LogP contribution < -0.4 is 15.0 Å². The number of anilines is 1. The van der Waals surface area contributed by atoms with Crippen LogP contribution in [0.15, 0.2) is 48.5 Å². The van der Waals surface area contributed by atoms with E-state index in [1.165, 1.54) is 4.90 Å². The van der Waals surface area contributed by atoms with Gasteiger partial charge in [-0.2, -0.15) is 0 Å². The highest BCUT2D eigenvalue weighted by atomic mass is 35.5. The number of amides is 2. The Morgan fingerprint density at radius 1 is 1.14 bits per heavy atom. The van der Waals surface area contributed by atoms with Gasteiger partial charge >= 0.3 is 0 Å². The summed E-state index contributed by atoms with van der Waals surface area (Å²) in [6, 6.07) is 14.9. The molecule has 1 unspecified atom stereocenters. The summed E-state index contributed by atoms with van der Waals surface area (Å²) < 4.78 is 5.66. The molecule has 0 bridgehead atoms. The standard InChI is InChI=1S/C22H28ClN3O3/c1-4-17-7-5-6-8-20(17)24-21(27)15-26(3)22(28)16-25(2)13-14-29-19-11-9-18(23)10-12-19/h5-12H,4,13-16H2,1-3H3,(H,24,27)/p+1. The van der Waals surface area contributed by atoms with Crippen molar-refractivity contribution in [3.8, 4) is 5.75 Å². The summed E-state index contributed by atoms with van der Waals surface area (Å²) in [5, 5.41) is 3.55. The summed E-state index contributed by atoms with van der Waals surface area (Å²) in [6.07, 6.45) is 0.831. The molecule has 0 saturated heterocycles. The number of nitrogens with zero attached hydrogens (tertiary/aromatic N) is 1. The third-order valence-electron chi connectivity index (χ3n) is 4.54. The second-order valence-electron chi connectivity index (χ2n) is 6.99. The lowest BCUT2D eigenvalue weighted by molar-refractivity contribution is -0.871. The molecule has 156 valence electrons. The quantitative estimate of drug-likeness (QED) is 0.619. The summed E-state index contributed by atoms with van der Waals surface area (Å²) in [7, 11) is 3.57. The van der Waals surface area contributed by atoms with Crippen molar-refractivity contribution in [1.29, 1.82) is 0 Å². The lowest BCUT2D eigenvalue weighted by atomic mass is 10.1. The Morgan fingerprint density at radius 3 is 2.52 bits per heavy atom. The van der Waals surface area contributed by atoms with Crippen molar-refractivity contribution in [2.75, 3.05) is 45.7 Å². The van der Waals surface area contributed by atoms with Crippen LogP contribution in [0.5, 0.6) is 5.75 Å². The Kier molecular flexibility index (Phi) is 8.96. The smallest absolute Gasteiger partial charge is 0.277 e. The molecule has 2 aromatic rings. The normalized spacial score (nSPS) is 11.6. The van der Waals surface area contributed by atoms with Gasteiger partial charge in [-0.25, -0.2) is 0 Å². The van der Waals surface area contributed by atoms with E-state index in [4.69, 9.17) is 16.3 Å². The molecule has 0 aliphatic carbocycles. The fourth-order valence-corrected chi connectivity index (χ4v) is 2.93. The van der Waals surface area contributed by atoms with Gasteiger partial charge in [0, 0.05) is 17.8 Å². The third kappa shape index (κ3) is 7.75. The first-order valence-corrected chi connectivity index (χ1v) is 10.1. The van der Waals surface area contributed by atoms with Crippen molar-refractivity contribution in [2.24, 2.45) is 0 Å². The number of hydrogen-bond donors (Lipinski definition) is 2. The predicted molar refractivity (Wildman–Crippen MR) is 116 cm³/mol. The van der Waals surface area contributed by atoms with Gasteiger partial charge in [0.15, 0.2) is 6.54 Å². The van der Waals surface area contributed by atoms with Crippen LogP contribution in [-0.2, 0) is 16.0 Å². The highest BCUT2D eigenvalue weighted by Crippen LogP contribution is 2.16. The van der Waals surface area contributed by atoms with E-state index >= 15 is 0 Å². The molecule has 0 spiro atoms. The number of ether oxygens (including phenoxy) is 1. The van der Waals surface area contributed by atoms with Crippen molar-refractivity contribution in [3.63, 3.8) is 0 Å². The first-order valence-electron chi connectivity index (χ1n) is 9.70. The van der Waals surface area contributed by atoms with Gasteiger partial charge in [0.25, 0.3) is 5.91 Å². The second kappa shape index (κ2) is 11.4. The summed E-state index contributed by atoms with van der Waals surface area (Å²) in [6.45, 7) is 3.50. The molecular formula is C22H29ClN3O3+. The zero-order chi connectivity index (χ0) is 21.2. The number of aryl methyl sites for hydroxylation is 1. The molecule has 0 fully saturated rings. The average Bonchev–Trinajstić information content (AvgIpc) is 2.69. The molecule has 0 radical (unpaired) electrons. The Labute approximate surface area is 177 Å². The van der Waals surface area contributed by atoms with Gasteiger partial charge in [-0.05, 0) is 42.3 Å². The molecule has 2 rings (SSSR count). The molecule has 2 N–H and O–H groups in total. The molecular weight excluding hydrogens is 390 g/mol. The molecule has 0 heterocycles. The van der Waals surface area contributed by atoms with Gasteiger partial charge in [0.05, 0.1) is 13.6 Å². The van der Waals surface area contributed by atoms with Gasteiger partial charge in [-0.3, -0.25) is 9.59 Å². The fourth-order valence-electron chi connectivity index (χ4n) is 2.80. The monoisotopic (exact) mass is 418 g/mol. The summed E-state index contributed by atoms with van der Waals surface area (Å²) in [4.78, 5) is 27.2. The lowest BCUT2D eigenvalue weighted by Crippen LogP contribution is -3.10. The first kappa shape index (κ1) is 22.7. The molecule has 0 aliphatic rings. The number of halogens is 1. The third-order valence-corrected chi connectivity index (χ3v) is 4.80. The number of carbonyl (C=O) groups is 2. The number of likely N-dealkylation sites (N-methyl/N-ethyl adjacent to an activating group) is 2. The Balaban J connectivity index is 1.73. The van der Waals surface area contributed by atoms with Crippen molar-refractivity contribution in [3.05, 3.63) is 59.1 Å². The number of para-hydroxylation sites is 1. The molecule has 0 aromatic heterocycles. The lowest BCUT2D eigenvalue weighted by Gasteiger charge is -2.20. The molecule has 0 saturated carbocycles. The maximum Gasteiger partial charge on any atom is 0.277 e. The zero-order valence-electron chi connectivity index (χ0n) is 17.2. The SMILES string of the molecule is CCc1ccccc1NC(=O)CN(C)C(=O)C[NH+](C)CCOc1ccc(Cl)cc1. The minimum absolute atomic E-state index is 0.0193. The minimum Gasteiger partial charge on any atom is -0.488 e. The highest BCUT2D eigenvalue weighted by Gasteiger charge is 2.17. The van der Waals surface area contributed by atoms with Crippen LogP contribution in [0.2, 0.25) is 5.02 Å². The Hall–Kier alpha value is -2.57. The maximum absolute atomic E-state index is 12.4. The summed E-state index contributed by atoms with van der Waals surface area (Å²) in [5.74, 6) is 0.452. The average molecular weight is 419 g/mol. The van der Waals surface area contributed by atoms with E-state index in [1.807, 2.05) is 50.4 Å². The molecule has 6 nitrogen and oxygen atoms in total. The van der Waals surface area contributed by atoms with E-state index in [0.29, 0.717) is 24.7 Å². The van der Waals surface area contributed by atoms with Crippen molar-refractivity contribution in [2.45, 2.75) is 13.3 Å². The molecule has 7 heteroatoms. The van der Waals surface area contributed by atoms with Crippen LogP contribution in [0.3, 0.4) is 0 Å². The van der Waals surface area contributed by atoms with E-state index in [-0.39, 0.29) is 18.4 Å². The van der Waals surface area contributed by atoms with Gasteiger partial charge in [-0.15, -0.1) is 0 Å². The van der Waals surface area contributed by atoms with Gasteiger partial charge in [0.2, 0.25) is 5.91 Å². The van der Waals surface area contributed by atoms with Gasteiger partial charge in [-0.1, -0.05) is 36.7 Å². The van der Waals surface area contributed by atoms with Crippen LogP contribution in [0.25, 0.3) is 0 Å². The number of rotatable bonds is 10. The number of hydrogen-bond acceptors (Lipinski definition) is 3. The van der Waals surface area contributed by atoms with E-state index in [1.54, 1.807) is 19.2 Å². The van der Waals surface area contributed by atoms with Crippen molar-refractivity contribution < 1.29 is 19.2 Å². The predicted octanol–water partition coefficient (Wildman–Crippen LogP) is 1.89. The maximum atomic E-state index is 12.4. The van der Waals surface area contributed by atoms with E-state index in [9.17, 15) is 9.59 Å². The molecule has 2 amide bonds. The molecule has 2 aromatic carbocycles. The van der Waals surface area contributed by atoms with Crippen LogP contribution in [0.4, 0.5) is 5.69 Å². The molecule has 1 atom stereocenters. The minimum atomic E-state index is -0.203. The zero-order valence-corrected chi connectivity index (χ0v) is 18.0. The van der Waals surface area contributed by atoms with Crippen molar-refractivity contribution >= 4 is 29.1 Å². The van der Waals surface area contributed by atoms with Crippen LogP contribution in [0.1, 0.15) is 12.5 Å². The van der Waals surface area contributed by atoms with E-state index in [2.05, 4.69) is 5.32 Å². The summed E-state index contributed by atoms with van der Waals surface area (Å²) >= 11 is 5.85. The fraction of sp³-hybridized carbons (Fsp3) is 0.364. The Morgan fingerprint density at radius 2 is 1.83 bits per heavy atom. The van der Waals surface area contributed by atoms with E-state index in [0.717, 1.165) is 28.3 Å². The number of nitrogens with one attached hydrogen (secondary N) is 2. The van der Waals surface area contributed by atoms with E-state index < -0.39 is 0 Å². The number of carbonyl (C=O) groups excluding carboxylic acids is 2. The number of quaternary nitrogens is 1. The van der Waals surface area contributed by atoms with Gasteiger partial charge < -0.3 is 19.9 Å². The summed E-state index contributed by atoms with van der Waals surface area (Å²) in [5.41, 5.74) is 1.86. The Bertz CT molecular complexity index is 811. The van der Waals surface area contributed by atoms with Crippen LogP contribution in [0, 0.1) is 0 Å². The van der Waals surface area contributed by atoms with Crippen LogP contribution in [-0.4, -0.2) is 57.1 Å². The topological polar surface area (TPSA) is 63.1 Å². The second-order valence-corrected chi connectivity index (χ2v) is 7.43. The number of benzene rings is 2. The van der Waals surface area contributed by atoms with Crippen molar-refractivity contribution in [1.82, 2.24) is 4.90 Å².